The summed E-state index contributed by atoms with van der Waals surface area (Å²) in [5, 5.41) is 3.71. The maximum Gasteiger partial charge on any atom is 0.139 e. The lowest BCUT2D eigenvalue weighted by Crippen LogP contribution is -2.40. The summed E-state index contributed by atoms with van der Waals surface area (Å²) in [6, 6.07) is 4.40. The predicted octanol–water partition coefficient (Wildman–Crippen LogP) is 3.24. The Balaban J connectivity index is 1.53. The Morgan fingerprint density at radius 1 is 1.37 bits per heavy atom. The van der Waals surface area contributed by atoms with Gasteiger partial charge in [-0.15, -0.1) is 0 Å². The molecule has 146 valence electrons. The minimum Gasteiger partial charge on any atom is -0.497 e. The van der Waals surface area contributed by atoms with Crippen LogP contribution in [0.15, 0.2) is 24.5 Å². The van der Waals surface area contributed by atoms with Gasteiger partial charge < -0.3 is 24.1 Å². The molecular formula is C21H29N3O3. The third-order valence-electron chi connectivity index (χ3n) is 5.50. The van der Waals surface area contributed by atoms with Crippen LogP contribution in [0.25, 0.3) is 0 Å². The molecule has 3 heterocycles. The van der Waals surface area contributed by atoms with Crippen molar-refractivity contribution >= 4 is 0 Å². The van der Waals surface area contributed by atoms with Gasteiger partial charge in [0.15, 0.2) is 0 Å². The Labute approximate surface area is 160 Å². The monoisotopic (exact) mass is 371 g/mol. The Morgan fingerprint density at radius 2 is 2.26 bits per heavy atom. The lowest BCUT2D eigenvalue weighted by molar-refractivity contribution is -0.0182. The van der Waals surface area contributed by atoms with Gasteiger partial charge in [-0.2, -0.15) is 0 Å². The molecule has 1 fully saturated rings. The summed E-state index contributed by atoms with van der Waals surface area (Å²) in [4.78, 5) is 4.56. The highest BCUT2D eigenvalue weighted by molar-refractivity contribution is 5.49. The summed E-state index contributed by atoms with van der Waals surface area (Å²) >= 11 is 0. The third kappa shape index (κ3) is 3.69. The molecular weight excluding hydrogens is 342 g/mol. The van der Waals surface area contributed by atoms with E-state index >= 15 is 0 Å². The van der Waals surface area contributed by atoms with E-state index in [0.29, 0.717) is 0 Å². The van der Waals surface area contributed by atoms with E-state index in [0.717, 1.165) is 61.8 Å². The Hall–Kier alpha value is -2.05. The van der Waals surface area contributed by atoms with Crippen molar-refractivity contribution < 1.29 is 14.2 Å². The van der Waals surface area contributed by atoms with Gasteiger partial charge in [0, 0.05) is 55.7 Å². The van der Waals surface area contributed by atoms with Crippen molar-refractivity contribution in [3.63, 3.8) is 0 Å². The summed E-state index contributed by atoms with van der Waals surface area (Å²) in [5.41, 5.74) is 2.38. The molecule has 2 aliphatic rings. The van der Waals surface area contributed by atoms with Crippen LogP contribution in [0, 0.1) is 0 Å². The van der Waals surface area contributed by atoms with E-state index in [9.17, 15) is 0 Å². The van der Waals surface area contributed by atoms with Crippen LogP contribution in [0.1, 0.15) is 49.7 Å². The van der Waals surface area contributed by atoms with E-state index in [4.69, 9.17) is 14.2 Å². The third-order valence-corrected chi connectivity index (χ3v) is 5.50. The molecule has 27 heavy (non-hydrogen) atoms. The highest BCUT2D eigenvalue weighted by Gasteiger charge is 2.31. The number of methoxy groups -OCH3 is 1. The van der Waals surface area contributed by atoms with Gasteiger partial charge in [-0.3, -0.25) is 0 Å². The first-order valence-electron chi connectivity index (χ1n) is 9.92. The fraction of sp³-hybridized carbons (Fsp3) is 0.571. The highest BCUT2D eigenvalue weighted by atomic mass is 16.5. The van der Waals surface area contributed by atoms with Crippen molar-refractivity contribution in [2.45, 2.75) is 64.4 Å². The van der Waals surface area contributed by atoms with Gasteiger partial charge in [-0.25, -0.2) is 4.98 Å². The number of hydrogen-bond acceptors (Lipinski definition) is 5. The molecule has 1 N–H and O–H groups in total. The Bertz CT molecular complexity index is 789. The quantitative estimate of drug-likeness (QED) is 0.845. The normalized spacial score (nSPS) is 24.5. The largest absolute Gasteiger partial charge is 0.497 e. The maximum absolute atomic E-state index is 6.12. The van der Waals surface area contributed by atoms with E-state index in [1.54, 1.807) is 7.11 Å². The van der Waals surface area contributed by atoms with Crippen LogP contribution in [-0.4, -0.2) is 35.4 Å². The minimum atomic E-state index is -0.0211. The molecule has 0 bridgehead atoms. The van der Waals surface area contributed by atoms with Crippen molar-refractivity contribution in [2.24, 2.45) is 0 Å². The first-order valence-corrected chi connectivity index (χ1v) is 9.92. The molecule has 1 aromatic heterocycles. The van der Waals surface area contributed by atoms with Crippen molar-refractivity contribution in [1.29, 1.82) is 0 Å². The summed E-state index contributed by atoms with van der Waals surface area (Å²) in [5.74, 6) is 2.91. The van der Waals surface area contributed by atoms with Crippen molar-refractivity contribution in [1.82, 2.24) is 14.9 Å². The van der Waals surface area contributed by atoms with Crippen LogP contribution in [0.5, 0.6) is 11.5 Å². The molecule has 4 rings (SSSR count). The highest BCUT2D eigenvalue weighted by Crippen LogP contribution is 2.36. The van der Waals surface area contributed by atoms with E-state index in [2.05, 4.69) is 40.8 Å². The number of fused-ring (bicyclic) bond motifs is 1. The number of nitrogens with one attached hydrogen (secondary N) is 1. The molecule has 1 aromatic carbocycles. The average molecular weight is 371 g/mol. The van der Waals surface area contributed by atoms with Gasteiger partial charge >= 0.3 is 0 Å². The van der Waals surface area contributed by atoms with Crippen molar-refractivity contribution in [3.05, 3.63) is 41.5 Å². The van der Waals surface area contributed by atoms with Gasteiger partial charge in [-0.05, 0) is 38.8 Å². The van der Waals surface area contributed by atoms with E-state index in [1.165, 1.54) is 5.56 Å². The van der Waals surface area contributed by atoms with Crippen LogP contribution >= 0.6 is 0 Å². The molecule has 6 nitrogen and oxygen atoms in total. The summed E-state index contributed by atoms with van der Waals surface area (Å²) < 4.78 is 19.8. The van der Waals surface area contributed by atoms with Crippen molar-refractivity contribution in [2.75, 3.05) is 13.7 Å². The lowest BCUT2D eigenvalue weighted by Gasteiger charge is -2.32. The zero-order chi connectivity index (χ0) is 18.8. The van der Waals surface area contributed by atoms with E-state index in [1.807, 2.05) is 12.4 Å². The topological polar surface area (TPSA) is 57.5 Å². The summed E-state index contributed by atoms with van der Waals surface area (Å²) in [6.45, 7) is 6.66. The zero-order valence-corrected chi connectivity index (χ0v) is 16.4. The lowest BCUT2D eigenvalue weighted by atomic mass is 10.0. The van der Waals surface area contributed by atoms with E-state index in [-0.39, 0.29) is 18.2 Å². The van der Waals surface area contributed by atoms with Gasteiger partial charge in [-0.1, -0.05) is 0 Å². The van der Waals surface area contributed by atoms with Gasteiger partial charge in [0.1, 0.15) is 29.5 Å². The fourth-order valence-electron chi connectivity index (χ4n) is 4.16. The van der Waals surface area contributed by atoms with Crippen LogP contribution < -0.4 is 14.8 Å². The minimum absolute atomic E-state index is 0.0211. The van der Waals surface area contributed by atoms with Gasteiger partial charge in [0.2, 0.25) is 0 Å². The van der Waals surface area contributed by atoms with Crippen LogP contribution in [0.4, 0.5) is 0 Å². The number of hydrogen-bond donors (Lipinski definition) is 1. The van der Waals surface area contributed by atoms with Gasteiger partial charge in [0.25, 0.3) is 0 Å². The maximum atomic E-state index is 6.12. The second-order valence-electron chi connectivity index (χ2n) is 7.40. The zero-order valence-electron chi connectivity index (χ0n) is 16.4. The molecule has 0 saturated carbocycles. The molecule has 1 saturated heterocycles. The molecule has 3 atom stereocenters. The molecule has 0 aliphatic carbocycles. The van der Waals surface area contributed by atoms with Crippen LogP contribution in [-0.2, 0) is 24.2 Å². The SMILES string of the molecule is CCn1ccnc1[C@H]1OCCC[C@@H]1NCc1cc(OC)cc2c1O[C@H](C)C2. The van der Waals surface area contributed by atoms with Crippen LogP contribution in [0.3, 0.4) is 0 Å². The number of imidazole rings is 1. The average Bonchev–Trinajstić information content (AvgIpc) is 3.31. The fourth-order valence-corrected chi connectivity index (χ4v) is 4.16. The summed E-state index contributed by atoms with van der Waals surface area (Å²) in [6.07, 6.45) is 7.14. The summed E-state index contributed by atoms with van der Waals surface area (Å²) in [7, 11) is 1.72. The number of benzene rings is 1. The molecule has 6 heteroatoms. The molecule has 2 aliphatic heterocycles. The van der Waals surface area contributed by atoms with Gasteiger partial charge in [0.05, 0.1) is 7.11 Å². The molecule has 0 amide bonds. The Kier molecular flexibility index (Phi) is 5.36. The first-order chi connectivity index (χ1) is 13.2. The van der Waals surface area contributed by atoms with Crippen molar-refractivity contribution in [3.8, 4) is 11.5 Å². The predicted molar refractivity (Wildman–Crippen MR) is 103 cm³/mol. The number of aryl methyl sites for hydroxylation is 1. The number of ether oxygens (including phenoxy) is 3. The second kappa shape index (κ2) is 7.90. The molecule has 2 aromatic rings. The van der Waals surface area contributed by atoms with Crippen LogP contribution in [0.2, 0.25) is 0 Å². The first kappa shape index (κ1) is 18.3. The smallest absolute Gasteiger partial charge is 0.139 e. The molecule has 0 radical (unpaired) electrons. The number of rotatable bonds is 6. The molecule has 0 spiro atoms. The number of aromatic nitrogens is 2. The second-order valence-corrected chi connectivity index (χ2v) is 7.40. The number of nitrogens with zero attached hydrogens (tertiary/aromatic N) is 2. The Morgan fingerprint density at radius 3 is 3.07 bits per heavy atom. The molecule has 0 unspecified atom stereocenters. The van der Waals surface area contributed by atoms with E-state index < -0.39 is 0 Å². The standard InChI is InChI=1S/C21H29N3O3/c1-4-24-8-7-22-21(24)20-18(6-5-9-26-20)23-13-16-12-17(25-3)11-15-10-14(2)27-19(15)16/h7-8,11-12,14,18,20,23H,4-6,9-10,13H2,1-3H3/t14-,18+,20+/m1/s1.